The van der Waals surface area contributed by atoms with E-state index in [4.69, 9.17) is 4.74 Å². The molecule has 0 aliphatic carbocycles. The number of aromatic amines is 1. The zero-order valence-electron chi connectivity index (χ0n) is 18.4. The first-order valence-electron chi connectivity index (χ1n) is 10.7. The quantitative estimate of drug-likeness (QED) is 0.492. The average molecular weight is 434 g/mol. The Morgan fingerprint density at radius 1 is 1.12 bits per heavy atom. The summed E-state index contributed by atoms with van der Waals surface area (Å²) in [6.45, 7) is 6.66. The Morgan fingerprint density at radius 2 is 1.88 bits per heavy atom. The van der Waals surface area contributed by atoms with E-state index in [9.17, 15) is 14.4 Å². The SMILES string of the molecule is CC(C)Oc1ccnc2[nH]cc(C(=O)C(=O)N3CCN(C(=O)c4ccccc4)C[C@H]3C)c12. The molecule has 8 nitrogen and oxygen atoms in total. The topological polar surface area (TPSA) is 95.6 Å². The predicted molar refractivity (Wildman–Crippen MR) is 120 cm³/mol. The Kier molecular flexibility index (Phi) is 5.94. The molecule has 166 valence electrons. The highest BCUT2D eigenvalue weighted by Crippen LogP contribution is 2.29. The molecular weight excluding hydrogens is 408 g/mol. The molecule has 0 radical (unpaired) electrons. The Bertz CT molecular complexity index is 1160. The number of benzene rings is 1. The molecule has 8 heteroatoms. The molecule has 0 unspecified atom stereocenters. The van der Waals surface area contributed by atoms with Crippen molar-refractivity contribution in [2.45, 2.75) is 32.9 Å². The molecule has 0 saturated carbocycles. The van der Waals surface area contributed by atoms with Crippen molar-refractivity contribution in [3.05, 3.63) is 59.9 Å². The summed E-state index contributed by atoms with van der Waals surface area (Å²) in [5, 5.41) is 0.505. The number of pyridine rings is 1. The molecule has 0 spiro atoms. The number of H-pyrrole nitrogens is 1. The molecule has 32 heavy (non-hydrogen) atoms. The number of hydrogen-bond acceptors (Lipinski definition) is 5. The van der Waals surface area contributed by atoms with E-state index in [0.29, 0.717) is 42.0 Å². The van der Waals surface area contributed by atoms with Gasteiger partial charge < -0.3 is 19.5 Å². The van der Waals surface area contributed by atoms with E-state index in [-0.39, 0.29) is 23.6 Å². The van der Waals surface area contributed by atoms with Crippen LogP contribution in [0.2, 0.25) is 0 Å². The molecule has 1 fully saturated rings. The van der Waals surface area contributed by atoms with E-state index >= 15 is 0 Å². The standard InChI is InChI=1S/C24H26N4O4/c1-15(2)32-19-9-10-25-22-20(19)18(13-26-22)21(29)24(31)28-12-11-27(14-16(28)3)23(30)17-7-5-4-6-8-17/h4-10,13,15-16H,11-12,14H2,1-3H3,(H,25,26)/t16-/m1/s1. The molecule has 1 saturated heterocycles. The zero-order chi connectivity index (χ0) is 22.8. The number of nitrogens with zero attached hydrogens (tertiary/aromatic N) is 3. The third-order valence-corrected chi connectivity index (χ3v) is 5.53. The highest BCUT2D eigenvalue weighted by Gasteiger charge is 2.34. The fourth-order valence-electron chi connectivity index (χ4n) is 4.01. The van der Waals surface area contributed by atoms with Crippen LogP contribution in [-0.2, 0) is 4.79 Å². The van der Waals surface area contributed by atoms with Gasteiger partial charge in [0.2, 0.25) is 0 Å². The molecule has 4 rings (SSSR count). The number of nitrogens with one attached hydrogen (secondary N) is 1. The van der Waals surface area contributed by atoms with E-state index < -0.39 is 11.7 Å². The monoisotopic (exact) mass is 434 g/mol. The number of aromatic nitrogens is 2. The maximum atomic E-state index is 13.2. The van der Waals surface area contributed by atoms with Crippen LogP contribution in [0.4, 0.5) is 0 Å². The van der Waals surface area contributed by atoms with Crippen LogP contribution in [0.1, 0.15) is 41.5 Å². The zero-order valence-corrected chi connectivity index (χ0v) is 18.4. The van der Waals surface area contributed by atoms with Crippen molar-refractivity contribution in [3.8, 4) is 5.75 Å². The summed E-state index contributed by atoms with van der Waals surface area (Å²) in [5.74, 6) is -0.778. The fourth-order valence-corrected chi connectivity index (χ4v) is 4.01. The smallest absolute Gasteiger partial charge is 0.295 e. The number of carbonyl (C=O) groups excluding carboxylic acids is 3. The van der Waals surface area contributed by atoms with Gasteiger partial charge >= 0.3 is 0 Å². The summed E-state index contributed by atoms with van der Waals surface area (Å²) >= 11 is 0. The van der Waals surface area contributed by atoms with Gasteiger partial charge in [0.1, 0.15) is 11.4 Å². The third kappa shape index (κ3) is 4.08. The van der Waals surface area contributed by atoms with Crippen molar-refractivity contribution in [1.29, 1.82) is 0 Å². The van der Waals surface area contributed by atoms with E-state index in [1.807, 2.05) is 39.0 Å². The minimum atomic E-state index is -0.618. The van der Waals surface area contributed by atoms with Crippen LogP contribution in [0.15, 0.2) is 48.8 Å². The second-order valence-electron chi connectivity index (χ2n) is 8.20. The molecule has 3 aromatic rings. The van der Waals surface area contributed by atoms with Crippen molar-refractivity contribution in [2.75, 3.05) is 19.6 Å². The van der Waals surface area contributed by atoms with Crippen LogP contribution < -0.4 is 4.74 Å². The van der Waals surface area contributed by atoms with E-state index in [0.717, 1.165) is 0 Å². The van der Waals surface area contributed by atoms with Gasteiger partial charge in [0.25, 0.3) is 17.6 Å². The maximum Gasteiger partial charge on any atom is 0.295 e. The van der Waals surface area contributed by atoms with Crippen LogP contribution in [0.5, 0.6) is 5.75 Å². The van der Waals surface area contributed by atoms with Gasteiger partial charge in [-0.25, -0.2) is 4.98 Å². The lowest BCUT2D eigenvalue weighted by Gasteiger charge is -2.39. The summed E-state index contributed by atoms with van der Waals surface area (Å²) in [5.41, 5.74) is 1.34. The molecule has 2 amide bonds. The van der Waals surface area contributed by atoms with Crippen LogP contribution in [0.3, 0.4) is 0 Å². The number of fused-ring (bicyclic) bond motifs is 1. The van der Waals surface area contributed by atoms with E-state index in [1.54, 1.807) is 29.3 Å². The largest absolute Gasteiger partial charge is 0.490 e. The Balaban J connectivity index is 1.52. The number of amides is 2. The minimum absolute atomic E-state index is 0.0749. The lowest BCUT2D eigenvalue weighted by molar-refractivity contribution is -0.130. The molecule has 1 aliphatic heterocycles. The van der Waals surface area contributed by atoms with E-state index in [2.05, 4.69) is 9.97 Å². The van der Waals surface area contributed by atoms with Crippen molar-refractivity contribution in [3.63, 3.8) is 0 Å². The van der Waals surface area contributed by atoms with Crippen LogP contribution in [0.25, 0.3) is 11.0 Å². The Morgan fingerprint density at radius 3 is 2.56 bits per heavy atom. The summed E-state index contributed by atoms with van der Waals surface area (Å²) < 4.78 is 5.82. The first kappa shape index (κ1) is 21.5. The molecule has 3 heterocycles. The van der Waals surface area contributed by atoms with Gasteiger partial charge in [0, 0.05) is 43.6 Å². The highest BCUT2D eigenvalue weighted by molar-refractivity contribution is 6.45. The molecule has 0 bridgehead atoms. The van der Waals surface area contributed by atoms with E-state index in [1.165, 1.54) is 11.1 Å². The number of ether oxygens (including phenoxy) is 1. The number of ketones is 1. The van der Waals surface area contributed by atoms with Crippen LogP contribution in [-0.4, -0.2) is 69.1 Å². The molecule has 1 atom stereocenters. The highest BCUT2D eigenvalue weighted by atomic mass is 16.5. The van der Waals surface area contributed by atoms with Crippen LogP contribution in [0, 0.1) is 0 Å². The van der Waals surface area contributed by atoms with Crippen molar-refractivity contribution in [2.24, 2.45) is 0 Å². The lowest BCUT2D eigenvalue weighted by atomic mass is 10.1. The molecular formula is C24H26N4O4. The third-order valence-electron chi connectivity index (χ3n) is 5.53. The normalized spacial score (nSPS) is 16.4. The first-order chi connectivity index (χ1) is 15.4. The van der Waals surface area contributed by atoms with Gasteiger partial charge in [-0.1, -0.05) is 18.2 Å². The van der Waals surface area contributed by atoms with Gasteiger partial charge in [0.15, 0.2) is 0 Å². The number of Topliss-reactive ketones (excluding diaryl/α,β-unsaturated/α-hetero) is 1. The number of hydrogen-bond donors (Lipinski definition) is 1. The van der Waals surface area contributed by atoms with Gasteiger partial charge in [-0.2, -0.15) is 0 Å². The minimum Gasteiger partial charge on any atom is -0.490 e. The van der Waals surface area contributed by atoms with Gasteiger partial charge in [0.05, 0.1) is 17.1 Å². The Hall–Kier alpha value is -3.68. The van der Waals surface area contributed by atoms with Crippen LogP contribution >= 0.6 is 0 Å². The number of rotatable bonds is 5. The molecule has 2 aromatic heterocycles. The van der Waals surface area contributed by atoms with Gasteiger partial charge in [-0.3, -0.25) is 14.4 Å². The summed E-state index contributed by atoms with van der Waals surface area (Å²) in [4.78, 5) is 49.5. The second-order valence-corrected chi connectivity index (χ2v) is 8.20. The summed E-state index contributed by atoms with van der Waals surface area (Å²) in [7, 11) is 0. The van der Waals surface area contributed by atoms with Crippen molar-refractivity contribution < 1.29 is 19.1 Å². The maximum absolute atomic E-state index is 13.2. The second kappa shape index (κ2) is 8.82. The van der Waals surface area contributed by atoms with Gasteiger partial charge in [-0.15, -0.1) is 0 Å². The average Bonchev–Trinajstić information content (AvgIpc) is 3.23. The number of piperazine rings is 1. The molecule has 1 N–H and O–H groups in total. The molecule has 1 aromatic carbocycles. The van der Waals surface area contributed by atoms with Crippen molar-refractivity contribution >= 4 is 28.6 Å². The Labute approximate surface area is 186 Å². The first-order valence-corrected chi connectivity index (χ1v) is 10.7. The fraction of sp³-hybridized carbons (Fsp3) is 0.333. The molecule has 1 aliphatic rings. The predicted octanol–water partition coefficient (Wildman–Crippen LogP) is 2.91. The summed E-state index contributed by atoms with van der Waals surface area (Å²) in [6, 6.07) is 10.5. The van der Waals surface area contributed by atoms with Gasteiger partial charge in [-0.05, 0) is 39.0 Å². The number of carbonyl (C=O) groups is 3. The van der Waals surface area contributed by atoms with Crippen molar-refractivity contribution in [1.82, 2.24) is 19.8 Å². The summed E-state index contributed by atoms with van der Waals surface area (Å²) in [6.07, 6.45) is 3.01. The lowest BCUT2D eigenvalue weighted by Crippen LogP contribution is -2.56.